The van der Waals surface area contributed by atoms with Gasteiger partial charge in [-0.1, -0.05) is 27.5 Å². The Morgan fingerprint density at radius 3 is 2.44 bits per heavy atom. The lowest BCUT2D eigenvalue weighted by Gasteiger charge is -2.16. The smallest absolute Gasteiger partial charge is 0.242 e. The molecule has 6 nitrogen and oxygen atoms in total. The molecule has 0 radical (unpaired) electrons. The summed E-state index contributed by atoms with van der Waals surface area (Å²) in [6.45, 7) is 1.45. The lowest BCUT2D eigenvalue weighted by Crippen LogP contribution is -2.41. The van der Waals surface area contributed by atoms with Crippen molar-refractivity contribution >= 4 is 49.1 Å². The topological polar surface area (TPSA) is 84.5 Å². The molecule has 9 heteroatoms. The maximum atomic E-state index is 12.3. The monoisotopic (exact) mass is 446 g/mol. The van der Waals surface area contributed by atoms with Gasteiger partial charge >= 0.3 is 0 Å². The summed E-state index contributed by atoms with van der Waals surface area (Å²) in [5.41, 5.74) is 0.356. The van der Waals surface area contributed by atoms with Crippen LogP contribution in [0.4, 0.5) is 5.69 Å². The maximum Gasteiger partial charge on any atom is 0.242 e. The van der Waals surface area contributed by atoms with E-state index in [1.54, 1.807) is 24.3 Å². The third kappa shape index (κ3) is 5.18. The molecule has 1 atom stereocenters. The average Bonchev–Trinajstić information content (AvgIpc) is 2.55. The number of ether oxygens (including phenoxy) is 1. The summed E-state index contributed by atoms with van der Waals surface area (Å²) in [5.74, 6) is -0.123. The van der Waals surface area contributed by atoms with Crippen LogP contribution in [0.1, 0.15) is 6.92 Å². The van der Waals surface area contributed by atoms with E-state index in [2.05, 4.69) is 26.0 Å². The first kappa shape index (κ1) is 19.7. The molecule has 2 aromatic carbocycles. The number of carbonyl (C=O) groups excluding carboxylic acids is 1. The molecule has 2 N–H and O–H groups in total. The van der Waals surface area contributed by atoms with Crippen LogP contribution in [-0.2, 0) is 14.8 Å². The Hall–Kier alpha value is -1.61. The molecule has 0 aliphatic heterocycles. The maximum absolute atomic E-state index is 12.3. The van der Waals surface area contributed by atoms with Gasteiger partial charge in [0.05, 0.1) is 23.7 Å². The predicted molar refractivity (Wildman–Crippen MR) is 101 cm³/mol. The normalized spacial score (nSPS) is 12.5. The SMILES string of the molecule is COc1ccc(Cl)cc1NC(=O)[C@H](C)NS(=O)(=O)c1ccc(Br)cc1. The number of benzene rings is 2. The first-order chi connectivity index (χ1) is 11.7. The van der Waals surface area contributed by atoms with Gasteiger partial charge in [0.1, 0.15) is 5.75 Å². The molecule has 2 rings (SSSR count). The van der Waals surface area contributed by atoms with Gasteiger partial charge in [0.15, 0.2) is 0 Å². The first-order valence-corrected chi connectivity index (χ1v) is 9.80. The van der Waals surface area contributed by atoms with Gasteiger partial charge < -0.3 is 10.1 Å². The van der Waals surface area contributed by atoms with Crippen molar-refractivity contribution in [2.24, 2.45) is 0 Å². The van der Waals surface area contributed by atoms with E-state index >= 15 is 0 Å². The molecule has 0 saturated carbocycles. The number of methoxy groups -OCH3 is 1. The van der Waals surface area contributed by atoms with Crippen LogP contribution in [0, 0.1) is 0 Å². The van der Waals surface area contributed by atoms with E-state index in [0.717, 1.165) is 4.47 Å². The fraction of sp³-hybridized carbons (Fsp3) is 0.188. The van der Waals surface area contributed by atoms with Crippen molar-refractivity contribution in [1.82, 2.24) is 4.72 Å². The fourth-order valence-electron chi connectivity index (χ4n) is 1.99. The first-order valence-electron chi connectivity index (χ1n) is 7.15. The Labute approximate surface area is 159 Å². The number of sulfonamides is 1. The van der Waals surface area contributed by atoms with Crippen molar-refractivity contribution in [3.8, 4) is 5.75 Å². The summed E-state index contributed by atoms with van der Waals surface area (Å²) in [6, 6.07) is 9.84. The van der Waals surface area contributed by atoms with Gasteiger partial charge in [-0.05, 0) is 49.4 Å². The molecule has 0 unspecified atom stereocenters. The Morgan fingerprint density at radius 2 is 1.84 bits per heavy atom. The van der Waals surface area contributed by atoms with Gasteiger partial charge in [-0.2, -0.15) is 4.72 Å². The lowest BCUT2D eigenvalue weighted by atomic mass is 10.2. The van der Waals surface area contributed by atoms with Crippen LogP contribution >= 0.6 is 27.5 Å². The van der Waals surface area contributed by atoms with Crippen molar-refractivity contribution in [3.63, 3.8) is 0 Å². The molecule has 2 aromatic rings. The van der Waals surface area contributed by atoms with Crippen molar-refractivity contribution < 1.29 is 17.9 Å². The van der Waals surface area contributed by atoms with E-state index in [9.17, 15) is 13.2 Å². The van der Waals surface area contributed by atoms with Crippen LogP contribution in [0.15, 0.2) is 51.8 Å². The Balaban J connectivity index is 2.12. The molecule has 0 aliphatic rings. The largest absolute Gasteiger partial charge is 0.495 e. The molecular weight excluding hydrogens is 432 g/mol. The third-order valence-electron chi connectivity index (χ3n) is 3.27. The van der Waals surface area contributed by atoms with Crippen LogP contribution in [0.25, 0.3) is 0 Å². The van der Waals surface area contributed by atoms with Crippen LogP contribution in [0.3, 0.4) is 0 Å². The lowest BCUT2D eigenvalue weighted by molar-refractivity contribution is -0.117. The molecule has 0 bridgehead atoms. The second kappa shape index (κ2) is 8.18. The van der Waals surface area contributed by atoms with Crippen molar-refractivity contribution in [2.45, 2.75) is 17.9 Å². The molecule has 0 aliphatic carbocycles. The second-order valence-electron chi connectivity index (χ2n) is 5.13. The fourth-order valence-corrected chi connectivity index (χ4v) is 3.63. The summed E-state index contributed by atoms with van der Waals surface area (Å²) in [5, 5.41) is 3.02. The zero-order chi connectivity index (χ0) is 18.6. The van der Waals surface area contributed by atoms with Crippen LogP contribution < -0.4 is 14.8 Å². The minimum absolute atomic E-state index is 0.0655. The van der Waals surface area contributed by atoms with Crippen LogP contribution in [0.5, 0.6) is 5.75 Å². The molecule has 0 saturated heterocycles. The van der Waals surface area contributed by atoms with E-state index < -0.39 is 22.0 Å². The summed E-state index contributed by atoms with van der Waals surface area (Å²) in [4.78, 5) is 12.4. The summed E-state index contributed by atoms with van der Waals surface area (Å²) in [6.07, 6.45) is 0. The zero-order valence-electron chi connectivity index (χ0n) is 13.4. The summed E-state index contributed by atoms with van der Waals surface area (Å²) < 4.78 is 32.9. The number of hydrogen-bond acceptors (Lipinski definition) is 4. The van der Waals surface area contributed by atoms with Crippen molar-refractivity contribution in [1.29, 1.82) is 0 Å². The van der Waals surface area contributed by atoms with Gasteiger partial charge in [0, 0.05) is 9.50 Å². The number of halogens is 2. The number of amides is 1. The van der Waals surface area contributed by atoms with Crippen molar-refractivity contribution in [2.75, 3.05) is 12.4 Å². The Bertz CT molecular complexity index is 872. The van der Waals surface area contributed by atoms with E-state index in [0.29, 0.717) is 16.5 Å². The molecule has 0 spiro atoms. The van der Waals surface area contributed by atoms with Gasteiger partial charge in [0.2, 0.25) is 15.9 Å². The predicted octanol–water partition coefficient (Wildman–Crippen LogP) is 3.42. The van der Waals surface area contributed by atoms with Crippen LogP contribution in [-0.4, -0.2) is 27.5 Å². The quantitative estimate of drug-likeness (QED) is 0.711. The number of rotatable bonds is 6. The number of nitrogens with one attached hydrogen (secondary N) is 2. The van der Waals surface area contributed by atoms with Crippen molar-refractivity contribution in [3.05, 3.63) is 52.0 Å². The van der Waals surface area contributed by atoms with E-state index in [1.165, 1.54) is 32.2 Å². The highest BCUT2D eigenvalue weighted by Crippen LogP contribution is 2.27. The molecule has 134 valence electrons. The Morgan fingerprint density at radius 1 is 1.20 bits per heavy atom. The van der Waals surface area contributed by atoms with E-state index in [4.69, 9.17) is 16.3 Å². The van der Waals surface area contributed by atoms with Gasteiger partial charge in [0.25, 0.3) is 0 Å². The molecule has 1 amide bonds. The highest BCUT2D eigenvalue weighted by molar-refractivity contribution is 9.10. The van der Waals surface area contributed by atoms with Gasteiger partial charge in [-0.15, -0.1) is 0 Å². The highest BCUT2D eigenvalue weighted by Gasteiger charge is 2.22. The molecular formula is C16H16BrClN2O4S. The number of carbonyl (C=O) groups is 1. The minimum atomic E-state index is -3.83. The Kier molecular flexibility index (Phi) is 6.45. The van der Waals surface area contributed by atoms with Gasteiger partial charge in [-0.3, -0.25) is 4.79 Å². The number of hydrogen-bond donors (Lipinski definition) is 2. The molecule has 0 fully saturated rings. The van der Waals surface area contributed by atoms with E-state index in [1.807, 2.05) is 0 Å². The van der Waals surface area contributed by atoms with E-state index in [-0.39, 0.29) is 4.90 Å². The molecule has 0 heterocycles. The zero-order valence-corrected chi connectivity index (χ0v) is 16.6. The highest BCUT2D eigenvalue weighted by atomic mass is 79.9. The average molecular weight is 448 g/mol. The standard InChI is InChI=1S/C16H16BrClN2O4S/c1-10(20-25(22,23)13-6-3-11(17)4-7-13)16(21)19-14-9-12(18)5-8-15(14)24-2/h3-10,20H,1-2H3,(H,19,21)/t10-/m0/s1. The molecule has 25 heavy (non-hydrogen) atoms. The number of anilines is 1. The summed E-state index contributed by atoms with van der Waals surface area (Å²) >= 11 is 9.15. The molecule has 0 aromatic heterocycles. The third-order valence-corrected chi connectivity index (χ3v) is 5.59. The summed E-state index contributed by atoms with van der Waals surface area (Å²) in [7, 11) is -2.37. The van der Waals surface area contributed by atoms with Gasteiger partial charge in [-0.25, -0.2) is 8.42 Å². The minimum Gasteiger partial charge on any atom is -0.495 e. The second-order valence-corrected chi connectivity index (χ2v) is 8.20. The van der Waals surface area contributed by atoms with Crippen LogP contribution in [0.2, 0.25) is 5.02 Å².